The standard InChI is InChI=1S/C20H31N3.C4H10O2.H2/c1-6-23(15-22-5)18-10-12-20(21,13-11-18)17-9-7-8-16(14-17)19(2,3)4;1-4(2,3)6-5;/h6-9,14-15,18H,1,10-13,21H2,2-5H3;5H,1-3H3;1H. The van der Waals surface area contributed by atoms with Crippen molar-refractivity contribution in [2.75, 3.05) is 7.05 Å². The lowest BCUT2D eigenvalue weighted by Gasteiger charge is -2.40. The molecule has 3 N–H and O–H groups in total. The molecule has 0 unspecified atom stereocenters. The van der Waals surface area contributed by atoms with Crippen LogP contribution in [-0.2, 0) is 15.8 Å². The largest absolute Gasteiger partial charge is 0.337 e. The molecule has 5 nitrogen and oxygen atoms in total. The van der Waals surface area contributed by atoms with E-state index in [1.807, 2.05) is 12.5 Å². The van der Waals surface area contributed by atoms with Crippen molar-refractivity contribution in [2.24, 2.45) is 10.7 Å². The second-order valence-corrected chi connectivity index (χ2v) is 9.93. The molecule has 1 aliphatic rings. The summed E-state index contributed by atoms with van der Waals surface area (Å²) in [6, 6.07) is 9.30. The summed E-state index contributed by atoms with van der Waals surface area (Å²) in [4.78, 5) is 10.2. The van der Waals surface area contributed by atoms with E-state index in [0.717, 1.165) is 25.7 Å². The first-order valence-electron chi connectivity index (χ1n) is 10.4. The molecular weight excluding hydrogens is 362 g/mol. The maximum Gasteiger partial charge on any atom is 0.0949 e. The van der Waals surface area contributed by atoms with Gasteiger partial charge in [0, 0.05) is 20.1 Å². The van der Waals surface area contributed by atoms with Crippen LogP contribution < -0.4 is 5.73 Å². The zero-order valence-corrected chi connectivity index (χ0v) is 19.4. The predicted octanol–water partition coefficient (Wildman–Crippen LogP) is 5.70. The Hall–Kier alpha value is -1.69. The molecule has 0 heterocycles. The van der Waals surface area contributed by atoms with E-state index in [-0.39, 0.29) is 12.4 Å². The smallest absolute Gasteiger partial charge is 0.0949 e. The molecule has 1 aliphatic carbocycles. The lowest BCUT2D eigenvalue weighted by molar-refractivity contribution is -0.306. The number of hydrogen-bond donors (Lipinski definition) is 2. The van der Waals surface area contributed by atoms with Crippen molar-refractivity contribution in [1.82, 2.24) is 4.90 Å². The van der Waals surface area contributed by atoms with E-state index >= 15 is 0 Å². The van der Waals surface area contributed by atoms with E-state index in [1.165, 1.54) is 11.1 Å². The van der Waals surface area contributed by atoms with E-state index in [0.29, 0.717) is 6.04 Å². The molecule has 0 atom stereocenters. The van der Waals surface area contributed by atoms with Crippen molar-refractivity contribution in [3.05, 3.63) is 48.2 Å². The molecule has 2 rings (SSSR count). The number of nitrogens with zero attached hydrogens (tertiary/aromatic N) is 2. The third-order valence-electron chi connectivity index (χ3n) is 5.31. The van der Waals surface area contributed by atoms with Crippen LogP contribution in [0.1, 0.15) is 79.8 Å². The molecule has 0 bridgehead atoms. The molecule has 1 aromatic carbocycles. The van der Waals surface area contributed by atoms with Crippen LogP contribution in [0.15, 0.2) is 42.0 Å². The van der Waals surface area contributed by atoms with E-state index in [2.05, 4.69) is 66.4 Å². The second kappa shape index (κ2) is 10.4. The second-order valence-electron chi connectivity index (χ2n) is 9.93. The summed E-state index contributed by atoms with van der Waals surface area (Å²) >= 11 is 0. The fourth-order valence-electron chi connectivity index (χ4n) is 3.42. The Morgan fingerprint density at radius 3 is 2.21 bits per heavy atom. The van der Waals surface area contributed by atoms with Gasteiger partial charge in [0.2, 0.25) is 0 Å². The highest BCUT2D eigenvalue weighted by molar-refractivity contribution is 5.56. The fraction of sp³-hybridized carbons (Fsp3) is 0.625. The van der Waals surface area contributed by atoms with E-state index in [1.54, 1.807) is 27.8 Å². The van der Waals surface area contributed by atoms with Crippen LogP contribution in [0, 0.1) is 0 Å². The summed E-state index contributed by atoms with van der Waals surface area (Å²) in [5, 5.41) is 7.90. The van der Waals surface area contributed by atoms with Gasteiger partial charge in [-0.3, -0.25) is 10.2 Å². The van der Waals surface area contributed by atoms with Crippen LogP contribution >= 0.6 is 0 Å². The minimum atomic E-state index is -0.403. The minimum Gasteiger partial charge on any atom is -0.337 e. The summed E-state index contributed by atoms with van der Waals surface area (Å²) in [5.74, 6) is 0. The Labute approximate surface area is 179 Å². The van der Waals surface area contributed by atoms with Gasteiger partial charge in [0.1, 0.15) is 0 Å². The van der Waals surface area contributed by atoms with Crippen LogP contribution in [0.5, 0.6) is 0 Å². The first-order chi connectivity index (χ1) is 13.4. The molecule has 0 amide bonds. The molecule has 1 fully saturated rings. The van der Waals surface area contributed by atoms with Gasteiger partial charge in [0.05, 0.1) is 11.9 Å². The van der Waals surface area contributed by atoms with Crippen molar-refractivity contribution >= 4 is 6.34 Å². The predicted molar refractivity (Wildman–Crippen MR) is 125 cm³/mol. The summed E-state index contributed by atoms with van der Waals surface area (Å²) in [5.41, 5.74) is 8.96. The number of rotatable bonds is 4. The Morgan fingerprint density at radius 2 is 1.79 bits per heavy atom. The van der Waals surface area contributed by atoms with Crippen LogP contribution in [0.4, 0.5) is 0 Å². The van der Waals surface area contributed by atoms with Gasteiger partial charge in [-0.1, -0.05) is 51.6 Å². The van der Waals surface area contributed by atoms with Gasteiger partial charge in [-0.25, -0.2) is 4.89 Å². The lowest BCUT2D eigenvalue weighted by atomic mass is 9.74. The first-order valence-corrected chi connectivity index (χ1v) is 10.4. The molecule has 1 aromatic rings. The van der Waals surface area contributed by atoms with E-state index < -0.39 is 5.60 Å². The summed E-state index contributed by atoms with van der Waals surface area (Å²) in [6.45, 7) is 15.9. The highest BCUT2D eigenvalue weighted by Crippen LogP contribution is 2.37. The number of benzene rings is 1. The molecule has 166 valence electrons. The Kier molecular flexibility index (Phi) is 9.07. The summed E-state index contributed by atoms with van der Waals surface area (Å²) in [7, 11) is 1.80. The van der Waals surface area contributed by atoms with E-state index in [4.69, 9.17) is 11.0 Å². The Balaban J connectivity index is 0.00000105. The normalized spacial score (nSPS) is 22.7. The highest BCUT2D eigenvalue weighted by atomic mass is 17.1. The van der Waals surface area contributed by atoms with Crippen LogP contribution in [0.3, 0.4) is 0 Å². The monoisotopic (exact) mass is 405 g/mol. The van der Waals surface area contributed by atoms with Gasteiger partial charge in [-0.2, -0.15) is 0 Å². The van der Waals surface area contributed by atoms with Gasteiger partial charge in [0.15, 0.2) is 0 Å². The molecule has 0 spiro atoms. The third-order valence-corrected chi connectivity index (χ3v) is 5.31. The van der Waals surface area contributed by atoms with Crippen molar-refractivity contribution < 1.29 is 11.6 Å². The van der Waals surface area contributed by atoms with Gasteiger partial charge < -0.3 is 10.6 Å². The first kappa shape index (κ1) is 25.3. The maximum absolute atomic E-state index is 7.90. The number of nitrogens with two attached hydrogens (primary N) is 1. The van der Waals surface area contributed by atoms with Crippen molar-refractivity contribution in [2.45, 2.75) is 89.8 Å². The van der Waals surface area contributed by atoms with Crippen LogP contribution in [-0.4, -0.2) is 35.2 Å². The third kappa shape index (κ3) is 7.92. The zero-order chi connectivity index (χ0) is 22.3. The summed E-state index contributed by atoms with van der Waals surface area (Å²) < 4.78 is 0. The van der Waals surface area contributed by atoms with Crippen LogP contribution in [0.2, 0.25) is 0 Å². The average molecular weight is 406 g/mol. The average Bonchev–Trinajstić information content (AvgIpc) is 2.66. The van der Waals surface area contributed by atoms with Crippen molar-refractivity contribution in [3.63, 3.8) is 0 Å². The van der Waals surface area contributed by atoms with Gasteiger partial charge >= 0.3 is 0 Å². The van der Waals surface area contributed by atoms with Crippen LogP contribution in [0.25, 0.3) is 0 Å². The summed E-state index contributed by atoms with van der Waals surface area (Å²) in [6.07, 6.45) is 7.84. The molecule has 0 saturated heterocycles. The Bertz CT molecular complexity index is 670. The molecule has 0 aromatic heterocycles. The zero-order valence-electron chi connectivity index (χ0n) is 19.4. The number of hydrogen-bond acceptors (Lipinski definition) is 4. The SMILES string of the molecule is C=CN(C=NC)C1CCC(N)(c2cccc(C(C)(C)C)c2)CC1.CC(C)(C)OO.[HH]. The Morgan fingerprint density at radius 1 is 1.24 bits per heavy atom. The van der Waals surface area contributed by atoms with Gasteiger partial charge in [0.25, 0.3) is 0 Å². The quantitative estimate of drug-likeness (QED) is 0.291. The molecule has 5 heteroatoms. The minimum absolute atomic E-state index is 0. The lowest BCUT2D eigenvalue weighted by Crippen LogP contribution is -2.45. The van der Waals surface area contributed by atoms with Crippen molar-refractivity contribution in [3.8, 4) is 0 Å². The topological polar surface area (TPSA) is 71.1 Å². The molecule has 29 heavy (non-hydrogen) atoms. The molecular formula is C24H43N3O2. The highest BCUT2D eigenvalue weighted by Gasteiger charge is 2.35. The van der Waals surface area contributed by atoms with Gasteiger partial charge in [-0.15, -0.1) is 0 Å². The maximum atomic E-state index is 7.90. The molecule has 0 aliphatic heterocycles. The number of aliphatic imine (C=N–C) groups is 1. The van der Waals surface area contributed by atoms with Crippen molar-refractivity contribution in [1.29, 1.82) is 0 Å². The molecule has 0 radical (unpaired) electrons. The van der Waals surface area contributed by atoms with Gasteiger partial charge in [-0.05, 0) is 69.2 Å². The molecule has 1 saturated carbocycles. The fourth-order valence-corrected chi connectivity index (χ4v) is 3.42. The van der Waals surface area contributed by atoms with E-state index in [9.17, 15) is 0 Å².